The van der Waals surface area contributed by atoms with E-state index >= 15 is 4.39 Å². The van der Waals surface area contributed by atoms with Crippen LogP contribution in [0.4, 0.5) is 10.1 Å². The van der Waals surface area contributed by atoms with Gasteiger partial charge in [0.2, 0.25) is 11.2 Å². The summed E-state index contributed by atoms with van der Waals surface area (Å²) < 4.78 is 48.8. The number of fused-ring (bicyclic) bond motifs is 16. The van der Waals surface area contributed by atoms with E-state index < -0.39 is 117 Å². The molecule has 21 nitrogen and oxygen atoms in total. The summed E-state index contributed by atoms with van der Waals surface area (Å²) in [5, 5.41) is 51.8. The molecule has 6 heterocycles. The number of benzene rings is 2. The Morgan fingerprint density at radius 3 is 2.37 bits per heavy atom. The number of carboxylic acids is 1. The Balaban J connectivity index is 1.04. The number of ketones is 2. The molecule has 5 aliphatic heterocycles. The van der Waals surface area contributed by atoms with Gasteiger partial charge in [0.15, 0.2) is 23.1 Å². The molecule has 11 atom stereocenters. The molecule has 3 aromatic rings. The lowest BCUT2D eigenvalue weighted by atomic mass is 9.78. The van der Waals surface area contributed by atoms with Crippen LogP contribution < -0.4 is 25.1 Å². The quantitative estimate of drug-likeness (QED) is 0.0851. The van der Waals surface area contributed by atoms with Gasteiger partial charge < -0.3 is 63.7 Å². The third kappa shape index (κ3) is 10.9. The van der Waals surface area contributed by atoms with E-state index in [-0.39, 0.29) is 75.2 Å². The first-order chi connectivity index (χ1) is 38.9. The molecule has 1 amide bonds. The van der Waals surface area contributed by atoms with Crippen molar-refractivity contribution in [2.75, 3.05) is 51.9 Å². The van der Waals surface area contributed by atoms with Crippen molar-refractivity contribution in [3.63, 3.8) is 0 Å². The summed E-state index contributed by atoms with van der Waals surface area (Å²) in [6.07, 6.45) is 8.91. The lowest BCUT2D eigenvalue weighted by Gasteiger charge is -2.38. The number of likely N-dealkylation sites (tertiary alicyclic amines) is 1. The predicted octanol–water partition coefficient (Wildman–Crippen LogP) is 6.26. The van der Waals surface area contributed by atoms with Crippen molar-refractivity contribution in [3.8, 4) is 17.2 Å². The van der Waals surface area contributed by atoms with Crippen molar-refractivity contribution in [2.24, 2.45) is 34.7 Å². The molecule has 10 rings (SSSR count). The molecule has 22 heteroatoms. The highest BCUT2D eigenvalue weighted by Gasteiger charge is 2.51. The van der Waals surface area contributed by atoms with Crippen molar-refractivity contribution in [2.45, 2.75) is 123 Å². The fourth-order valence-corrected chi connectivity index (χ4v) is 12.5. The zero-order valence-electron chi connectivity index (χ0n) is 47.7. The number of allylic oxidation sites excluding steroid dienone is 4. The molecule has 1 saturated carbocycles. The van der Waals surface area contributed by atoms with Crippen molar-refractivity contribution >= 4 is 51.7 Å². The SMILES string of the molecule is COc1c(N2C[C@@H]3CCCN(CCO/N=C4/c5c6c(C)c(O)c7c5C(=O)C=C(NC(=O)/C(C)=C\C=C\[C@H](C)[C@H](O)[C@@H](C)[C@@H](O)[C@@H](C)[C@H](OC(C)=O)[C@H](C)[C@@H](OC)/C=C/O[C@@]4(C)O6)C7=O)[C@@H]3C2)c(F)cc2c(=O)c(C(=O)O)cn(C3CC3)c12. The minimum Gasteiger partial charge on any atom is -0.507 e. The van der Waals surface area contributed by atoms with E-state index in [9.17, 15) is 49.2 Å². The van der Waals surface area contributed by atoms with Gasteiger partial charge in [-0.3, -0.25) is 28.9 Å². The topological polar surface area (TPSA) is 275 Å². The lowest BCUT2D eigenvalue weighted by Crippen LogP contribution is -2.46. The summed E-state index contributed by atoms with van der Waals surface area (Å²) >= 11 is 0. The van der Waals surface area contributed by atoms with Crippen LogP contribution in [0.15, 0.2) is 70.1 Å². The number of amides is 1. The summed E-state index contributed by atoms with van der Waals surface area (Å²) in [5.74, 6) is -10.0. The second kappa shape index (κ2) is 23.5. The Kier molecular flexibility index (Phi) is 16.9. The molecule has 440 valence electrons. The standard InChI is InChI=1S/C60H72FN5O16/c1-28-13-11-14-29(2)58(74)62-40-24-42(68)44-45(53(40)73)51(71)33(6)55-46(44)57(60(8,82-55)79-21-18-43(77-9)30(3)54(81-34(7)67)32(5)50(70)31(4)49(28)69)63-80-22-20-64-19-12-15-35-25-65(27-41(35)64)48-39(61)23-37-47(56(48)78-10)66(36-16-17-36)26-38(52(37)72)59(75)76/h11,13-14,18,21,23-24,26,28,30-32,35-36,41,43,49-50,54,69-71H,12,15-17,19-20,22,25,27H2,1-10H3,(H,62,74)(H,75,76)/b13-11+,21-18+,29-14-,63-57-/t28-,30+,31+,32+,35-,41+,43-,49-,50+,54+,60-/m0/s1. The summed E-state index contributed by atoms with van der Waals surface area (Å²) in [6.45, 7) is 14.4. The molecule has 0 spiro atoms. The molecule has 0 unspecified atom stereocenters. The maximum Gasteiger partial charge on any atom is 0.341 e. The van der Waals surface area contributed by atoms with Crippen LogP contribution in [-0.4, -0.2) is 148 Å². The molecular formula is C60H72FN5O16. The van der Waals surface area contributed by atoms with Crippen molar-refractivity contribution < 1.29 is 77.3 Å². The molecule has 3 fully saturated rings. The third-order valence-electron chi connectivity index (χ3n) is 17.2. The maximum absolute atomic E-state index is 16.5. The second-order valence-electron chi connectivity index (χ2n) is 22.7. The summed E-state index contributed by atoms with van der Waals surface area (Å²) in [7, 11) is 2.85. The van der Waals surface area contributed by atoms with Gasteiger partial charge in [-0.2, -0.15) is 0 Å². The Morgan fingerprint density at radius 2 is 1.70 bits per heavy atom. The average molecular weight is 1140 g/mol. The Labute approximate surface area is 473 Å². The molecule has 7 aliphatic rings. The summed E-state index contributed by atoms with van der Waals surface area (Å²) in [4.78, 5) is 90.9. The number of phenolic OH excluding ortho intramolecular Hbond substituents is 1. The van der Waals surface area contributed by atoms with Gasteiger partial charge in [0.25, 0.3) is 11.7 Å². The zero-order chi connectivity index (χ0) is 59.4. The van der Waals surface area contributed by atoms with Gasteiger partial charge in [-0.05, 0) is 64.1 Å². The van der Waals surface area contributed by atoms with Gasteiger partial charge in [0.05, 0.1) is 65.0 Å². The number of aliphatic hydroxyl groups excluding tert-OH is 2. The van der Waals surface area contributed by atoms with Crippen LogP contribution in [0.2, 0.25) is 0 Å². The highest BCUT2D eigenvalue weighted by Crippen LogP contribution is 2.49. The van der Waals surface area contributed by atoms with Gasteiger partial charge in [-0.15, -0.1) is 0 Å². The Hall–Kier alpha value is -7.40. The number of rotatable bonds is 10. The summed E-state index contributed by atoms with van der Waals surface area (Å²) in [5.41, 5.74) is -1.70. The number of aromatic nitrogens is 1. The van der Waals surface area contributed by atoms with Crippen LogP contribution in [-0.2, 0) is 28.6 Å². The molecule has 2 aromatic carbocycles. The van der Waals surface area contributed by atoms with Gasteiger partial charge in [0.1, 0.15) is 35.5 Å². The first-order valence-corrected chi connectivity index (χ1v) is 27.8. The van der Waals surface area contributed by atoms with Gasteiger partial charge >= 0.3 is 11.9 Å². The molecule has 2 aliphatic carbocycles. The molecule has 1 aromatic heterocycles. The molecule has 5 bridgehead atoms. The number of esters is 1. The minimum absolute atomic E-state index is 0.00112. The number of anilines is 1. The Morgan fingerprint density at radius 1 is 0.963 bits per heavy atom. The number of Topliss-reactive ketones (excluding diaryl/α,β-unsaturated/α-hetero) is 1. The fourth-order valence-electron chi connectivity index (χ4n) is 12.5. The number of aromatic carboxylic acids is 1. The highest BCUT2D eigenvalue weighted by molar-refractivity contribution is 6.31. The number of nitrogens with one attached hydrogen (secondary N) is 1. The molecule has 0 radical (unpaired) electrons. The number of carbonyl (C=O) groups excluding carboxylic acids is 4. The van der Waals surface area contributed by atoms with Crippen LogP contribution in [0.3, 0.4) is 0 Å². The summed E-state index contributed by atoms with van der Waals surface area (Å²) in [6, 6.07) is 0.958. The van der Waals surface area contributed by atoms with E-state index in [4.69, 9.17) is 28.5 Å². The average Bonchev–Trinajstić information content (AvgIpc) is 4.36. The zero-order valence-corrected chi connectivity index (χ0v) is 47.7. The van der Waals surface area contributed by atoms with E-state index in [1.54, 1.807) is 50.5 Å². The number of aromatic hydroxyl groups is 1. The maximum atomic E-state index is 16.5. The molecule has 82 heavy (non-hydrogen) atoms. The third-order valence-corrected chi connectivity index (χ3v) is 17.2. The monoisotopic (exact) mass is 1140 g/mol. The number of oxime groups is 1. The minimum atomic E-state index is -1.93. The molecule has 2 saturated heterocycles. The van der Waals surface area contributed by atoms with Gasteiger partial charge in [-0.25, -0.2) is 9.18 Å². The number of hydrogen-bond acceptors (Lipinski definition) is 18. The number of phenols is 1. The van der Waals surface area contributed by atoms with Gasteiger partial charge in [-0.1, -0.05) is 51.1 Å². The van der Waals surface area contributed by atoms with Crippen LogP contribution in [0.1, 0.15) is 122 Å². The van der Waals surface area contributed by atoms with Crippen LogP contribution >= 0.6 is 0 Å². The number of ether oxygens (including phenoxy) is 5. The predicted molar refractivity (Wildman–Crippen MR) is 298 cm³/mol. The number of pyridine rings is 1. The van der Waals surface area contributed by atoms with Crippen molar-refractivity contribution in [1.29, 1.82) is 0 Å². The first-order valence-electron chi connectivity index (χ1n) is 27.8. The lowest BCUT2D eigenvalue weighted by molar-refractivity contribution is -0.160. The number of piperidine rings is 1. The number of carbonyl (C=O) groups is 5. The number of nitrogens with zero attached hydrogens (tertiary/aromatic N) is 4. The van der Waals surface area contributed by atoms with Crippen LogP contribution in [0.25, 0.3) is 10.9 Å². The fraction of sp³-hybridized carbons (Fsp3) is 0.517. The first kappa shape index (κ1) is 59.2. The largest absolute Gasteiger partial charge is 0.507 e. The van der Waals surface area contributed by atoms with E-state index in [0.29, 0.717) is 31.7 Å². The molecule has 5 N–H and O–H groups in total. The van der Waals surface area contributed by atoms with Crippen LogP contribution in [0.5, 0.6) is 17.2 Å². The second-order valence-corrected chi connectivity index (χ2v) is 22.7. The Bertz CT molecular complexity index is 3330. The molecular weight excluding hydrogens is 1070 g/mol. The number of aliphatic hydroxyl groups is 2. The van der Waals surface area contributed by atoms with E-state index in [1.807, 2.05) is 4.90 Å². The van der Waals surface area contributed by atoms with Gasteiger partial charge in [0, 0.05) is 99.8 Å². The highest BCUT2D eigenvalue weighted by atomic mass is 19.1. The van der Waals surface area contributed by atoms with E-state index in [2.05, 4.69) is 15.4 Å². The smallest absolute Gasteiger partial charge is 0.341 e. The van der Waals surface area contributed by atoms with E-state index in [0.717, 1.165) is 37.8 Å². The normalized spacial score (nSPS) is 30.9. The van der Waals surface area contributed by atoms with E-state index in [1.165, 1.54) is 60.4 Å². The number of hydrogen-bond donors (Lipinski definition) is 5. The number of carboxylic acid groups (broad SMARTS) is 1. The van der Waals surface area contributed by atoms with Crippen molar-refractivity contribution in [3.05, 3.63) is 104 Å². The number of halogens is 1. The van der Waals surface area contributed by atoms with Crippen molar-refractivity contribution in [1.82, 2.24) is 14.8 Å². The van der Waals surface area contributed by atoms with Crippen LogP contribution in [0, 0.1) is 42.3 Å². The number of methoxy groups -OCH3 is 2.